The summed E-state index contributed by atoms with van der Waals surface area (Å²) >= 11 is 0. The smallest absolute Gasteiger partial charge is 0.307 e. The summed E-state index contributed by atoms with van der Waals surface area (Å²) in [5.74, 6) is -1.29. The first-order valence-electron chi connectivity index (χ1n) is 13.7. The van der Waals surface area contributed by atoms with Crippen molar-refractivity contribution in [3.8, 4) is 0 Å². The van der Waals surface area contributed by atoms with E-state index in [0.717, 1.165) is 5.39 Å². The molecular weight excluding hydrogens is 528 g/mol. The normalized spacial score (nSPS) is 16.7. The van der Waals surface area contributed by atoms with Crippen LogP contribution in [0.5, 0.6) is 0 Å². The van der Waals surface area contributed by atoms with Crippen molar-refractivity contribution < 1.29 is 23.9 Å². The zero-order chi connectivity index (χ0) is 29.6. The number of hydrogen-bond donors (Lipinski definition) is 3. The molecule has 3 atom stereocenters. The summed E-state index contributed by atoms with van der Waals surface area (Å²) in [4.78, 5) is 58.8. The summed E-state index contributed by atoms with van der Waals surface area (Å²) in [6.45, 7) is 7.85. The van der Waals surface area contributed by atoms with Crippen LogP contribution in [0.1, 0.15) is 63.3 Å². The molecular formula is C28H36N8O5. The van der Waals surface area contributed by atoms with E-state index in [1.807, 2.05) is 51.1 Å². The van der Waals surface area contributed by atoms with Gasteiger partial charge >= 0.3 is 5.97 Å². The van der Waals surface area contributed by atoms with Crippen LogP contribution in [0, 0.1) is 5.41 Å². The van der Waals surface area contributed by atoms with Gasteiger partial charge in [0.15, 0.2) is 5.82 Å². The first kappa shape index (κ1) is 29.6. The van der Waals surface area contributed by atoms with E-state index in [4.69, 9.17) is 4.74 Å². The fraction of sp³-hybridized carbons (Fsp3) is 0.500. The molecule has 1 unspecified atom stereocenters. The summed E-state index contributed by atoms with van der Waals surface area (Å²) in [5.41, 5.74) is 0.220. The van der Waals surface area contributed by atoms with E-state index in [9.17, 15) is 19.2 Å². The lowest BCUT2D eigenvalue weighted by Gasteiger charge is -2.35. The number of aromatic nitrogens is 5. The number of esters is 1. The molecule has 0 bridgehead atoms. The van der Waals surface area contributed by atoms with Crippen molar-refractivity contribution in [2.45, 2.75) is 71.5 Å². The van der Waals surface area contributed by atoms with Crippen molar-refractivity contribution >= 4 is 34.6 Å². The third kappa shape index (κ3) is 7.41. The minimum Gasteiger partial charge on any atom is -0.466 e. The molecule has 3 aromatic rings. The molecule has 0 saturated carbocycles. The SMILES string of the molecule is CCOC(=O)C[C@H](Cc1nnn[nH]1)NC(=O)[C@H]1CCCN1C(=O)C(NC(=O)c1ccc2ccccc2n1)C(C)(C)C. The Balaban J connectivity index is 1.49. The number of hydrogen-bond acceptors (Lipinski definition) is 9. The molecule has 3 amide bonds. The number of ether oxygens (including phenoxy) is 1. The number of carbonyl (C=O) groups is 4. The first-order valence-corrected chi connectivity index (χ1v) is 13.7. The summed E-state index contributed by atoms with van der Waals surface area (Å²) in [7, 11) is 0. The van der Waals surface area contributed by atoms with Gasteiger partial charge in [0, 0.05) is 24.4 Å². The minimum absolute atomic E-state index is 0.0830. The zero-order valence-electron chi connectivity index (χ0n) is 23.7. The summed E-state index contributed by atoms with van der Waals surface area (Å²) < 4.78 is 5.06. The average Bonchev–Trinajstić information content (AvgIpc) is 3.63. The molecule has 218 valence electrons. The van der Waals surface area contributed by atoms with Gasteiger partial charge in [-0.2, -0.15) is 0 Å². The molecule has 1 saturated heterocycles. The molecule has 13 heteroatoms. The van der Waals surface area contributed by atoms with Crippen LogP contribution in [0.3, 0.4) is 0 Å². The van der Waals surface area contributed by atoms with Crippen LogP contribution in [0.15, 0.2) is 36.4 Å². The van der Waals surface area contributed by atoms with Crippen molar-refractivity contribution in [2.24, 2.45) is 5.41 Å². The predicted molar refractivity (Wildman–Crippen MR) is 148 cm³/mol. The fourth-order valence-corrected chi connectivity index (χ4v) is 4.91. The van der Waals surface area contributed by atoms with Crippen molar-refractivity contribution in [3.63, 3.8) is 0 Å². The van der Waals surface area contributed by atoms with E-state index in [0.29, 0.717) is 30.7 Å². The molecule has 13 nitrogen and oxygen atoms in total. The number of nitrogens with zero attached hydrogens (tertiary/aromatic N) is 5. The van der Waals surface area contributed by atoms with E-state index in [-0.39, 0.29) is 31.0 Å². The lowest BCUT2D eigenvalue weighted by Crippen LogP contribution is -2.58. The van der Waals surface area contributed by atoms with Gasteiger partial charge in [-0.1, -0.05) is 45.0 Å². The van der Waals surface area contributed by atoms with Crippen LogP contribution in [0.2, 0.25) is 0 Å². The lowest BCUT2D eigenvalue weighted by atomic mass is 9.85. The highest BCUT2D eigenvalue weighted by atomic mass is 16.5. The highest BCUT2D eigenvalue weighted by Crippen LogP contribution is 2.26. The molecule has 0 radical (unpaired) electrons. The summed E-state index contributed by atoms with van der Waals surface area (Å²) in [6, 6.07) is 8.58. The van der Waals surface area contributed by atoms with Gasteiger partial charge in [0.25, 0.3) is 5.91 Å². The maximum Gasteiger partial charge on any atom is 0.307 e. The first-order chi connectivity index (χ1) is 19.6. The highest BCUT2D eigenvalue weighted by Gasteiger charge is 2.42. The maximum atomic E-state index is 13.9. The van der Waals surface area contributed by atoms with Crippen molar-refractivity contribution in [1.29, 1.82) is 0 Å². The standard InChI is InChI=1S/C28H36N8O5/c1-5-41-23(37)16-18(15-22-32-34-35-33-22)29-26(39)21-11-8-14-36(21)27(40)24(28(2,3)4)31-25(38)20-13-12-17-9-6-7-10-19(17)30-20/h6-7,9-10,12-13,18,21,24H,5,8,11,14-16H2,1-4H3,(H,29,39)(H,31,38)(H,32,33,34,35)/t18-,21+,24?/m0/s1. The second-order valence-electron chi connectivity index (χ2n) is 11.1. The number of para-hydroxylation sites is 1. The lowest BCUT2D eigenvalue weighted by molar-refractivity contribution is -0.145. The van der Waals surface area contributed by atoms with Crippen LogP contribution in [0.4, 0.5) is 0 Å². The van der Waals surface area contributed by atoms with E-state index in [2.05, 4.69) is 36.2 Å². The van der Waals surface area contributed by atoms with Crippen LogP contribution in [0.25, 0.3) is 10.9 Å². The number of aromatic amines is 1. The van der Waals surface area contributed by atoms with Crippen molar-refractivity contribution in [2.75, 3.05) is 13.2 Å². The second kappa shape index (κ2) is 12.8. The minimum atomic E-state index is -0.910. The monoisotopic (exact) mass is 564 g/mol. The Bertz CT molecular complexity index is 1390. The molecule has 1 aliphatic rings. The van der Waals surface area contributed by atoms with Gasteiger partial charge in [0.2, 0.25) is 11.8 Å². The number of rotatable bonds is 10. The summed E-state index contributed by atoms with van der Waals surface area (Å²) in [5, 5.41) is 20.2. The van der Waals surface area contributed by atoms with Gasteiger partial charge in [0.05, 0.1) is 18.5 Å². The number of likely N-dealkylation sites (tertiary alicyclic amines) is 1. The molecule has 2 aromatic heterocycles. The van der Waals surface area contributed by atoms with Crippen molar-refractivity contribution in [1.82, 2.24) is 41.1 Å². The number of amides is 3. The van der Waals surface area contributed by atoms with Crippen LogP contribution < -0.4 is 10.6 Å². The Morgan fingerprint density at radius 1 is 1.12 bits per heavy atom. The number of fused-ring (bicyclic) bond motifs is 1. The third-order valence-electron chi connectivity index (χ3n) is 6.95. The van der Waals surface area contributed by atoms with Gasteiger partial charge in [-0.25, -0.2) is 10.1 Å². The Morgan fingerprint density at radius 2 is 1.90 bits per heavy atom. The van der Waals surface area contributed by atoms with Gasteiger partial charge in [-0.15, -0.1) is 5.10 Å². The third-order valence-corrected chi connectivity index (χ3v) is 6.95. The number of tetrazole rings is 1. The van der Waals surface area contributed by atoms with E-state index < -0.39 is 41.3 Å². The van der Waals surface area contributed by atoms with Crippen LogP contribution in [-0.4, -0.2) is 85.5 Å². The Morgan fingerprint density at radius 3 is 2.61 bits per heavy atom. The van der Waals surface area contributed by atoms with E-state index in [1.165, 1.54) is 4.90 Å². The number of carbonyl (C=O) groups excluding carboxylic acids is 4. The Labute approximate surface area is 237 Å². The van der Waals surface area contributed by atoms with Gasteiger partial charge < -0.3 is 20.3 Å². The molecule has 0 spiro atoms. The Kier molecular flexibility index (Phi) is 9.25. The van der Waals surface area contributed by atoms with Gasteiger partial charge in [0.1, 0.15) is 17.8 Å². The molecule has 3 heterocycles. The van der Waals surface area contributed by atoms with Crippen LogP contribution >= 0.6 is 0 Å². The zero-order valence-corrected chi connectivity index (χ0v) is 23.7. The quantitative estimate of drug-likeness (QED) is 0.309. The summed E-state index contributed by atoms with van der Waals surface area (Å²) in [6.07, 6.45) is 1.16. The van der Waals surface area contributed by atoms with Crippen LogP contribution in [-0.2, 0) is 25.5 Å². The number of H-pyrrole nitrogens is 1. The number of pyridine rings is 1. The highest BCUT2D eigenvalue weighted by molar-refractivity contribution is 5.99. The molecule has 0 aliphatic carbocycles. The second-order valence-corrected chi connectivity index (χ2v) is 11.1. The largest absolute Gasteiger partial charge is 0.466 e. The molecule has 4 rings (SSSR count). The fourth-order valence-electron chi connectivity index (χ4n) is 4.91. The topological polar surface area (TPSA) is 172 Å². The van der Waals surface area contributed by atoms with Gasteiger partial charge in [-0.05, 0) is 47.7 Å². The van der Waals surface area contributed by atoms with E-state index >= 15 is 0 Å². The molecule has 41 heavy (non-hydrogen) atoms. The average molecular weight is 565 g/mol. The van der Waals surface area contributed by atoms with Crippen molar-refractivity contribution in [3.05, 3.63) is 47.9 Å². The molecule has 3 N–H and O–H groups in total. The predicted octanol–water partition coefficient (Wildman–Crippen LogP) is 1.56. The molecule has 1 aromatic carbocycles. The van der Waals surface area contributed by atoms with E-state index in [1.54, 1.807) is 13.0 Å². The molecule has 1 fully saturated rings. The molecule has 1 aliphatic heterocycles. The number of benzene rings is 1. The number of nitrogens with one attached hydrogen (secondary N) is 3. The Hall–Kier alpha value is -4.42. The van der Waals surface area contributed by atoms with Gasteiger partial charge in [-0.3, -0.25) is 19.2 Å². The maximum absolute atomic E-state index is 13.9.